The summed E-state index contributed by atoms with van der Waals surface area (Å²) in [7, 11) is 0. The summed E-state index contributed by atoms with van der Waals surface area (Å²) in [4.78, 5) is 28.4. The lowest BCUT2D eigenvalue weighted by atomic mass is 10.1. The summed E-state index contributed by atoms with van der Waals surface area (Å²) < 4.78 is 7.74. The number of aromatic nitrogens is 2. The van der Waals surface area contributed by atoms with Gasteiger partial charge in [0.05, 0.1) is 18.6 Å². The van der Waals surface area contributed by atoms with E-state index in [1.165, 1.54) is 6.08 Å². The molecule has 4 rings (SSSR count). The molecule has 2 N–H and O–H groups in total. The standard InChI is InChI=1S/C24H24N4O3/c29-23(12-7-18-5-8-19(9-6-18)24(30)26-20-10-11-20)27-21-3-1-2-4-22(21)31-16-15-28-14-13-25-17-28/h1-9,12-14,17,20H,10-11,15-16H2,(H,26,30)(H,27,29)/b12-7+. The summed E-state index contributed by atoms with van der Waals surface area (Å²) in [6, 6.07) is 14.8. The largest absolute Gasteiger partial charge is 0.490 e. The highest BCUT2D eigenvalue weighted by Gasteiger charge is 2.23. The normalized spacial score (nSPS) is 13.2. The number of anilines is 1. The fourth-order valence-corrected chi connectivity index (χ4v) is 2.96. The molecule has 1 aromatic heterocycles. The molecule has 2 aromatic carbocycles. The van der Waals surface area contributed by atoms with Gasteiger partial charge in [-0.2, -0.15) is 0 Å². The molecule has 0 atom stereocenters. The Bertz CT molecular complexity index is 1050. The third-order valence-electron chi connectivity index (χ3n) is 4.82. The number of nitrogens with one attached hydrogen (secondary N) is 2. The van der Waals surface area contributed by atoms with Gasteiger partial charge in [0, 0.05) is 30.1 Å². The Hall–Kier alpha value is -3.87. The summed E-state index contributed by atoms with van der Waals surface area (Å²) in [5.74, 6) is 0.289. The maximum Gasteiger partial charge on any atom is 0.251 e. The number of para-hydroxylation sites is 2. The van der Waals surface area contributed by atoms with Gasteiger partial charge in [-0.15, -0.1) is 0 Å². The maximum atomic E-state index is 12.4. The fraction of sp³-hybridized carbons (Fsp3) is 0.208. The molecule has 1 aliphatic carbocycles. The van der Waals surface area contributed by atoms with Crippen LogP contribution < -0.4 is 15.4 Å². The van der Waals surface area contributed by atoms with Crippen LogP contribution in [0.3, 0.4) is 0 Å². The number of amides is 2. The van der Waals surface area contributed by atoms with Crippen LogP contribution in [-0.4, -0.2) is 34.0 Å². The SMILES string of the molecule is O=C(/C=C/c1ccc(C(=O)NC2CC2)cc1)Nc1ccccc1OCCn1ccnc1. The molecule has 0 bridgehead atoms. The molecule has 1 heterocycles. The van der Waals surface area contributed by atoms with Crippen molar-refractivity contribution in [3.63, 3.8) is 0 Å². The molecule has 3 aromatic rings. The average molecular weight is 416 g/mol. The molecule has 0 aliphatic heterocycles. The Labute approximate surface area is 180 Å². The number of hydrogen-bond acceptors (Lipinski definition) is 4. The Balaban J connectivity index is 1.30. The van der Waals surface area contributed by atoms with Gasteiger partial charge in [0.1, 0.15) is 12.4 Å². The van der Waals surface area contributed by atoms with Gasteiger partial charge >= 0.3 is 0 Å². The van der Waals surface area contributed by atoms with E-state index in [1.807, 2.05) is 41.1 Å². The van der Waals surface area contributed by atoms with E-state index in [2.05, 4.69) is 15.6 Å². The molecule has 0 spiro atoms. The van der Waals surface area contributed by atoms with Crippen LogP contribution in [0.1, 0.15) is 28.8 Å². The van der Waals surface area contributed by atoms with E-state index in [0.717, 1.165) is 18.4 Å². The number of carbonyl (C=O) groups excluding carboxylic acids is 2. The highest BCUT2D eigenvalue weighted by molar-refractivity contribution is 6.02. The molecular formula is C24H24N4O3. The van der Waals surface area contributed by atoms with Crippen molar-refractivity contribution in [1.29, 1.82) is 0 Å². The van der Waals surface area contributed by atoms with Crippen molar-refractivity contribution >= 4 is 23.6 Å². The van der Waals surface area contributed by atoms with Crippen molar-refractivity contribution in [2.24, 2.45) is 0 Å². The summed E-state index contributed by atoms with van der Waals surface area (Å²) in [6.07, 6.45) is 10.6. The molecule has 1 aliphatic rings. The predicted molar refractivity (Wildman–Crippen MR) is 119 cm³/mol. The number of carbonyl (C=O) groups is 2. The van der Waals surface area contributed by atoms with E-state index < -0.39 is 0 Å². The Morgan fingerprint density at radius 1 is 1.13 bits per heavy atom. The average Bonchev–Trinajstić information content (AvgIpc) is 3.44. The molecular weight excluding hydrogens is 392 g/mol. The molecule has 158 valence electrons. The summed E-state index contributed by atoms with van der Waals surface area (Å²) in [5.41, 5.74) is 2.06. The maximum absolute atomic E-state index is 12.4. The van der Waals surface area contributed by atoms with Crippen LogP contribution in [0.4, 0.5) is 5.69 Å². The second kappa shape index (κ2) is 9.75. The van der Waals surface area contributed by atoms with E-state index in [0.29, 0.717) is 36.2 Å². The predicted octanol–water partition coefficient (Wildman–Crippen LogP) is 3.51. The zero-order valence-electron chi connectivity index (χ0n) is 17.0. The molecule has 0 radical (unpaired) electrons. The quantitative estimate of drug-likeness (QED) is 0.523. The van der Waals surface area contributed by atoms with Crippen molar-refractivity contribution in [3.05, 3.63) is 84.5 Å². The second-order valence-corrected chi connectivity index (χ2v) is 7.34. The third-order valence-corrected chi connectivity index (χ3v) is 4.82. The number of nitrogens with zero attached hydrogens (tertiary/aromatic N) is 2. The highest BCUT2D eigenvalue weighted by atomic mass is 16.5. The fourth-order valence-electron chi connectivity index (χ4n) is 2.96. The van der Waals surface area contributed by atoms with Crippen LogP contribution in [-0.2, 0) is 11.3 Å². The van der Waals surface area contributed by atoms with E-state index in [-0.39, 0.29) is 11.8 Å². The molecule has 7 heteroatoms. The van der Waals surface area contributed by atoms with Gasteiger partial charge in [-0.1, -0.05) is 24.3 Å². The highest BCUT2D eigenvalue weighted by Crippen LogP contribution is 2.24. The van der Waals surface area contributed by atoms with E-state index in [1.54, 1.807) is 36.8 Å². The number of benzene rings is 2. The number of hydrogen-bond donors (Lipinski definition) is 2. The molecule has 7 nitrogen and oxygen atoms in total. The van der Waals surface area contributed by atoms with Crippen molar-refractivity contribution in [2.45, 2.75) is 25.4 Å². The lowest BCUT2D eigenvalue weighted by Gasteiger charge is -2.12. The van der Waals surface area contributed by atoms with Gasteiger partial charge in [-0.25, -0.2) is 4.98 Å². The third kappa shape index (κ3) is 6.05. The van der Waals surface area contributed by atoms with Crippen LogP contribution in [0, 0.1) is 0 Å². The van der Waals surface area contributed by atoms with Gasteiger partial charge in [-0.3, -0.25) is 9.59 Å². The van der Waals surface area contributed by atoms with Gasteiger partial charge in [0.2, 0.25) is 5.91 Å². The second-order valence-electron chi connectivity index (χ2n) is 7.34. The number of ether oxygens (including phenoxy) is 1. The first-order chi connectivity index (χ1) is 15.2. The molecule has 1 fully saturated rings. The van der Waals surface area contributed by atoms with Crippen LogP contribution in [0.5, 0.6) is 5.75 Å². The lowest BCUT2D eigenvalue weighted by molar-refractivity contribution is -0.111. The topological polar surface area (TPSA) is 85.3 Å². The minimum absolute atomic E-state index is 0.0552. The van der Waals surface area contributed by atoms with Crippen molar-refractivity contribution in [2.75, 3.05) is 11.9 Å². The zero-order valence-corrected chi connectivity index (χ0v) is 17.0. The molecule has 31 heavy (non-hydrogen) atoms. The van der Waals surface area contributed by atoms with Crippen LogP contribution in [0.2, 0.25) is 0 Å². The van der Waals surface area contributed by atoms with Crippen molar-refractivity contribution in [3.8, 4) is 5.75 Å². The molecule has 1 saturated carbocycles. The molecule has 0 unspecified atom stereocenters. The summed E-state index contributed by atoms with van der Waals surface area (Å²) >= 11 is 0. The Kier molecular flexibility index (Phi) is 6.42. The summed E-state index contributed by atoms with van der Waals surface area (Å²) in [6.45, 7) is 1.12. The first-order valence-electron chi connectivity index (χ1n) is 10.2. The Morgan fingerprint density at radius 2 is 1.94 bits per heavy atom. The monoisotopic (exact) mass is 416 g/mol. The lowest BCUT2D eigenvalue weighted by Crippen LogP contribution is -2.25. The Morgan fingerprint density at radius 3 is 2.68 bits per heavy atom. The smallest absolute Gasteiger partial charge is 0.251 e. The van der Waals surface area contributed by atoms with Gasteiger partial charge in [0.25, 0.3) is 5.91 Å². The zero-order chi connectivity index (χ0) is 21.5. The van der Waals surface area contributed by atoms with Gasteiger partial charge < -0.3 is 19.9 Å². The summed E-state index contributed by atoms with van der Waals surface area (Å²) in [5, 5.41) is 5.81. The first kappa shape index (κ1) is 20.4. The molecule has 0 saturated heterocycles. The molecule has 2 amide bonds. The van der Waals surface area contributed by atoms with Gasteiger partial charge in [0.15, 0.2) is 0 Å². The van der Waals surface area contributed by atoms with Crippen LogP contribution in [0.25, 0.3) is 6.08 Å². The number of imidazole rings is 1. The van der Waals surface area contributed by atoms with Crippen LogP contribution >= 0.6 is 0 Å². The van der Waals surface area contributed by atoms with Gasteiger partial charge in [-0.05, 0) is 48.7 Å². The van der Waals surface area contributed by atoms with Crippen molar-refractivity contribution < 1.29 is 14.3 Å². The minimum Gasteiger partial charge on any atom is -0.490 e. The van der Waals surface area contributed by atoms with E-state index in [9.17, 15) is 9.59 Å². The van der Waals surface area contributed by atoms with E-state index in [4.69, 9.17) is 4.74 Å². The minimum atomic E-state index is -0.263. The van der Waals surface area contributed by atoms with E-state index >= 15 is 0 Å². The van der Waals surface area contributed by atoms with Crippen LogP contribution in [0.15, 0.2) is 73.3 Å². The number of rotatable bonds is 9. The van der Waals surface area contributed by atoms with Crippen molar-refractivity contribution in [1.82, 2.24) is 14.9 Å². The first-order valence-corrected chi connectivity index (χ1v) is 10.2.